The van der Waals surface area contributed by atoms with Crippen LogP contribution in [-0.2, 0) is 9.47 Å². The fourth-order valence-corrected chi connectivity index (χ4v) is 2.00. The van der Waals surface area contributed by atoms with Gasteiger partial charge in [0, 0.05) is 18.9 Å². The summed E-state index contributed by atoms with van der Waals surface area (Å²) in [5.74, 6) is 0.0263. The zero-order valence-corrected chi connectivity index (χ0v) is 17.9. The molecule has 0 atom stereocenters. The molecule has 0 aliphatic carbocycles. The summed E-state index contributed by atoms with van der Waals surface area (Å²) in [4.78, 5) is 30.5. The minimum atomic E-state index is -0.810. The molecule has 152 valence electrons. The van der Waals surface area contributed by atoms with E-state index in [1.54, 1.807) is 53.8 Å². The van der Waals surface area contributed by atoms with E-state index in [-0.39, 0.29) is 17.9 Å². The third kappa shape index (κ3) is 8.70. The number of rotatable bonds is 1. The molecule has 0 radical (unpaired) electrons. The van der Waals surface area contributed by atoms with Gasteiger partial charge in [0.2, 0.25) is 5.96 Å². The SMILES string of the molecule is CC(C)(C)CN(C(=O)OC(C)(C)C)/C(=N\C(=O)OC(C)(C)C)n1cccn1. The number of nitrogens with zero attached hydrogens (tertiary/aromatic N) is 4. The normalized spacial score (nSPS) is 13.3. The molecular weight excluding hydrogens is 348 g/mol. The van der Waals surface area contributed by atoms with E-state index in [4.69, 9.17) is 9.47 Å². The Balaban J connectivity index is 3.37. The summed E-state index contributed by atoms with van der Waals surface area (Å²) in [5, 5.41) is 4.12. The summed E-state index contributed by atoms with van der Waals surface area (Å²) in [6, 6.07) is 1.68. The van der Waals surface area contributed by atoms with Gasteiger partial charge in [-0.1, -0.05) is 20.8 Å². The Labute approximate surface area is 161 Å². The predicted molar refractivity (Wildman–Crippen MR) is 104 cm³/mol. The average molecular weight is 380 g/mol. The van der Waals surface area contributed by atoms with E-state index in [0.29, 0.717) is 0 Å². The number of carbonyl (C=O) groups excluding carboxylic acids is 2. The van der Waals surface area contributed by atoms with Gasteiger partial charge in [0.1, 0.15) is 11.2 Å². The average Bonchev–Trinajstić information content (AvgIpc) is 2.91. The van der Waals surface area contributed by atoms with Crippen molar-refractivity contribution in [1.29, 1.82) is 0 Å². The molecule has 2 amide bonds. The Morgan fingerprint density at radius 2 is 1.56 bits per heavy atom. The number of aromatic nitrogens is 2. The van der Waals surface area contributed by atoms with Crippen LogP contribution in [0.3, 0.4) is 0 Å². The highest BCUT2D eigenvalue weighted by molar-refractivity contribution is 5.99. The predicted octanol–water partition coefficient (Wildman–Crippen LogP) is 4.31. The summed E-state index contributed by atoms with van der Waals surface area (Å²) in [6.45, 7) is 16.7. The minimum absolute atomic E-state index is 0.0263. The highest BCUT2D eigenvalue weighted by Crippen LogP contribution is 2.19. The van der Waals surface area contributed by atoms with E-state index >= 15 is 0 Å². The van der Waals surface area contributed by atoms with Gasteiger partial charge >= 0.3 is 12.2 Å². The number of hydrogen-bond donors (Lipinski definition) is 0. The number of aliphatic imine (C=N–C) groups is 1. The van der Waals surface area contributed by atoms with Crippen molar-refractivity contribution in [3.63, 3.8) is 0 Å². The van der Waals surface area contributed by atoms with Crippen molar-refractivity contribution in [1.82, 2.24) is 14.7 Å². The standard InChI is InChI=1S/C19H32N4O4/c1-17(2,3)13-22(16(25)27-19(7,8)9)14(23-12-10-11-20-23)21-15(24)26-18(4,5)6/h10-12H,13H2,1-9H3/b21-14+. The van der Waals surface area contributed by atoms with E-state index in [2.05, 4.69) is 10.1 Å². The van der Waals surface area contributed by atoms with Crippen LogP contribution in [0.4, 0.5) is 9.59 Å². The summed E-state index contributed by atoms with van der Waals surface area (Å²) < 4.78 is 12.1. The molecule has 0 unspecified atom stereocenters. The molecule has 0 aliphatic heterocycles. The summed E-state index contributed by atoms with van der Waals surface area (Å²) in [7, 11) is 0. The van der Waals surface area contributed by atoms with Gasteiger partial charge in [0.05, 0.1) is 0 Å². The van der Waals surface area contributed by atoms with Gasteiger partial charge in [-0.3, -0.25) is 0 Å². The maximum atomic E-state index is 12.9. The first-order valence-electron chi connectivity index (χ1n) is 8.90. The van der Waals surface area contributed by atoms with Crippen LogP contribution < -0.4 is 0 Å². The van der Waals surface area contributed by atoms with Crippen LogP contribution in [-0.4, -0.2) is 50.6 Å². The van der Waals surface area contributed by atoms with E-state index in [1.165, 1.54) is 15.8 Å². The van der Waals surface area contributed by atoms with Crippen molar-refractivity contribution in [3.8, 4) is 0 Å². The van der Waals surface area contributed by atoms with Gasteiger partial charge in [-0.25, -0.2) is 19.2 Å². The van der Waals surface area contributed by atoms with Crippen molar-refractivity contribution < 1.29 is 19.1 Å². The van der Waals surface area contributed by atoms with E-state index < -0.39 is 23.4 Å². The molecule has 8 heteroatoms. The molecule has 1 rings (SSSR count). The Morgan fingerprint density at radius 3 is 1.96 bits per heavy atom. The lowest BCUT2D eigenvalue weighted by atomic mass is 9.96. The van der Waals surface area contributed by atoms with E-state index in [1.807, 2.05) is 20.8 Å². The maximum absolute atomic E-state index is 12.9. The summed E-state index contributed by atoms with van der Waals surface area (Å²) in [5.41, 5.74) is -1.69. The number of amides is 2. The highest BCUT2D eigenvalue weighted by Gasteiger charge is 2.32. The second-order valence-electron chi connectivity index (χ2n) is 9.47. The van der Waals surface area contributed by atoms with Crippen molar-refractivity contribution in [2.24, 2.45) is 10.4 Å². The van der Waals surface area contributed by atoms with Gasteiger partial charge in [-0.15, -0.1) is 4.99 Å². The molecule has 0 N–H and O–H groups in total. The number of ether oxygens (including phenoxy) is 2. The van der Waals surface area contributed by atoms with E-state index in [0.717, 1.165) is 0 Å². The van der Waals surface area contributed by atoms with Crippen molar-refractivity contribution in [2.75, 3.05) is 6.54 Å². The quantitative estimate of drug-likeness (QED) is 0.535. The number of carbonyl (C=O) groups is 2. The molecular formula is C19H32N4O4. The zero-order valence-electron chi connectivity index (χ0n) is 17.9. The van der Waals surface area contributed by atoms with Crippen LogP contribution in [0.2, 0.25) is 0 Å². The summed E-state index contributed by atoms with van der Waals surface area (Å²) >= 11 is 0. The van der Waals surface area contributed by atoms with Crippen molar-refractivity contribution >= 4 is 18.1 Å². The lowest BCUT2D eigenvalue weighted by Gasteiger charge is -2.32. The van der Waals surface area contributed by atoms with Gasteiger partial charge in [-0.2, -0.15) is 5.10 Å². The first-order chi connectivity index (χ1) is 12.1. The van der Waals surface area contributed by atoms with Crippen molar-refractivity contribution in [2.45, 2.75) is 73.5 Å². The first kappa shape index (κ1) is 22.7. The van der Waals surface area contributed by atoms with Crippen LogP contribution in [0.1, 0.15) is 62.3 Å². The van der Waals surface area contributed by atoms with Crippen LogP contribution in [0.5, 0.6) is 0 Å². The molecule has 27 heavy (non-hydrogen) atoms. The molecule has 0 saturated heterocycles. The fourth-order valence-electron chi connectivity index (χ4n) is 2.00. The first-order valence-corrected chi connectivity index (χ1v) is 8.90. The third-order valence-corrected chi connectivity index (χ3v) is 2.78. The topological polar surface area (TPSA) is 86.0 Å². The Bertz CT molecular complexity index is 674. The molecule has 0 aromatic carbocycles. The van der Waals surface area contributed by atoms with Crippen LogP contribution in [0.25, 0.3) is 0 Å². The molecule has 1 heterocycles. The molecule has 0 bridgehead atoms. The molecule has 0 fully saturated rings. The molecule has 0 aliphatic rings. The van der Waals surface area contributed by atoms with Crippen LogP contribution >= 0.6 is 0 Å². The monoisotopic (exact) mass is 380 g/mol. The van der Waals surface area contributed by atoms with Crippen LogP contribution in [0.15, 0.2) is 23.5 Å². The zero-order chi connectivity index (χ0) is 21.0. The number of hydrogen-bond acceptors (Lipinski definition) is 5. The van der Waals surface area contributed by atoms with E-state index in [9.17, 15) is 9.59 Å². The largest absolute Gasteiger partial charge is 0.443 e. The maximum Gasteiger partial charge on any atom is 0.437 e. The minimum Gasteiger partial charge on any atom is -0.443 e. The highest BCUT2D eigenvalue weighted by atomic mass is 16.6. The smallest absolute Gasteiger partial charge is 0.437 e. The lowest BCUT2D eigenvalue weighted by molar-refractivity contribution is 0.0319. The Kier molecular flexibility index (Phi) is 6.80. The summed E-state index contributed by atoms with van der Waals surface area (Å²) in [6.07, 6.45) is 1.71. The Morgan fingerprint density at radius 1 is 1.00 bits per heavy atom. The Hall–Kier alpha value is -2.38. The second-order valence-corrected chi connectivity index (χ2v) is 9.47. The van der Waals surface area contributed by atoms with Crippen LogP contribution in [0, 0.1) is 5.41 Å². The fraction of sp³-hybridized carbons (Fsp3) is 0.684. The van der Waals surface area contributed by atoms with Crippen molar-refractivity contribution in [3.05, 3.63) is 18.5 Å². The molecule has 0 spiro atoms. The second kappa shape index (κ2) is 8.10. The van der Waals surface area contributed by atoms with Gasteiger partial charge < -0.3 is 9.47 Å². The third-order valence-electron chi connectivity index (χ3n) is 2.78. The molecule has 0 saturated carbocycles. The van der Waals surface area contributed by atoms with Gasteiger partial charge in [0.25, 0.3) is 0 Å². The van der Waals surface area contributed by atoms with Gasteiger partial charge in [-0.05, 0) is 53.0 Å². The molecule has 1 aromatic rings. The molecule has 1 aromatic heterocycles. The van der Waals surface area contributed by atoms with Gasteiger partial charge in [0.15, 0.2) is 0 Å². The lowest BCUT2D eigenvalue weighted by Crippen LogP contribution is -2.48. The molecule has 8 nitrogen and oxygen atoms in total.